The Kier molecular flexibility index (Phi) is 7.41. The highest BCUT2D eigenvalue weighted by Gasteiger charge is 2.11. The average Bonchev–Trinajstić information content (AvgIpc) is 2.81. The lowest BCUT2D eigenvalue weighted by atomic mass is 10.1. The summed E-state index contributed by atoms with van der Waals surface area (Å²) in [7, 11) is 0. The van der Waals surface area contributed by atoms with Crippen LogP contribution in [0, 0.1) is 0 Å². The van der Waals surface area contributed by atoms with Crippen molar-refractivity contribution in [2.24, 2.45) is 0 Å². The molecule has 0 spiro atoms. The van der Waals surface area contributed by atoms with Gasteiger partial charge in [0.15, 0.2) is 0 Å². The molecule has 0 fully saturated rings. The molecule has 0 amide bonds. The van der Waals surface area contributed by atoms with Crippen LogP contribution in [0.2, 0.25) is 0 Å². The SMILES string of the molecule is CCCCC(CCC)Nc1nnc(CNCC)o1. The molecule has 1 aromatic rings. The van der Waals surface area contributed by atoms with E-state index in [9.17, 15) is 0 Å². The Balaban J connectivity index is 2.43. The minimum Gasteiger partial charge on any atom is -0.407 e. The van der Waals surface area contributed by atoms with Crippen LogP contribution in [0.4, 0.5) is 6.01 Å². The molecule has 0 aliphatic rings. The van der Waals surface area contributed by atoms with Gasteiger partial charge in [-0.05, 0) is 19.4 Å². The van der Waals surface area contributed by atoms with E-state index < -0.39 is 0 Å². The fraction of sp³-hybridized carbons (Fsp3) is 0.846. The summed E-state index contributed by atoms with van der Waals surface area (Å²) in [5, 5.41) is 14.5. The van der Waals surface area contributed by atoms with Crippen LogP contribution < -0.4 is 10.6 Å². The third-order valence-electron chi connectivity index (χ3n) is 2.86. The van der Waals surface area contributed by atoms with Gasteiger partial charge in [-0.2, -0.15) is 0 Å². The Labute approximate surface area is 110 Å². The zero-order chi connectivity index (χ0) is 13.2. The van der Waals surface area contributed by atoms with Crippen molar-refractivity contribution in [3.8, 4) is 0 Å². The van der Waals surface area contributed by atoms with Gasteiger partial charge in [-0.1, -0.05) is 45.1 Å². The summed E-state index contributed by atoms with van der Waals surface area (Å²) in [5.74, 6) is 0.644. The van der Waals surface area contributed by atoms with Crippen LogP contribution in [0.3, 0.4) is 0 Å². The largest absolute Gasteiger partial charge is 0.407 e. The Hall–Kier alpha value is -1.10. The van der Waals surface area contributed by atoms with Gasteiger partial charge in [0.05, 0.1) is 6.54 Å². The van der Waals surface area contributed by atoms with Crippen LogP contribution in [0.25, 0.3) is 0 Å². The van der Waals surface area contributed by atoms with Crippen molar-refractivity contribution in [2.75, 3.05) is 11.9 Å². The number of aromatic nitrogens is 2. The molecule has 1 rings (SSSR count). The minimum atomic E-state index is 0.447. The molecule has 18 heavy (non-hydrogen) atoms. The lowest BCUT2D eigenvalue weighted by Gasteiger charge is -2.15. The summed E-state index contributed by atoms with van der Waals surface area (Å²) in [4.78, 5) is 0. The molecule has 0 aliphatic carbocycles. The second-order valence-corrected chi connectivity index (χ2v) is 4.55. The minimum absolute atomic E-state index is 0.447. The van der Waals surface area contributed by atoms with E-state index in [1.165, 1.54) is 19.3 Å². The molecule has 0 saturated carbocycles. The summed E-state index contributed by atoms with van der Waals surface area (Å²) >= 11 is 0. The summed E-state index contributed by atoms with van der Waals surface area (Å²) in [6.07, 6.45) is 5.92. The molecule has 1 aromatic heterocycles. The van der Waals surface area contributed by atoms with Crippen molar-refractivity contribution in [3.63, 3.8) is 0 Å². The third-order valence-corrected chi connectivity index (χ3v) is 2.86. The first kappa shape index (κ1) is 15.0. The molecule has 0 aromatic carbocycles. The standard InChI is InChI=1S/C13H26N4O/c1-4-7-9-11(8-5-2)15-13-17-16-12(18-13)10-14-6-3/h11,14H,4-10H2,1-3H3,(H,15,17). The molecule has 1 atom stereocenters. The van der Waals surface area contributed by atoms with Crippen LogP contribution in [-0.4, -0.2) is 22.8 Å². The van der Waals surface area contributed by atoms with Gasteiger partial charge in [-0.15, -0.1) is 5.10 Å². The van der Waals surface area contributed by atoms with Gasteiger partial charge in [-0.25, -0.2) is 0 Å². The normalized spacial score (nSPS) is 12.6. The Morgan fingerprint density at radius 1 is 1.11 bits per heavy atom. The molecule has 5 nitrogen and oxygen atoms in total. The highest BCUT2D eigenvalue weighted by atomic mass is 16.4. The molecule has 5 heteroatoms. The van der Waals surface area contributed by atoms with Crippen molar-refractivity contribution in [3.05, 3.63) is 5.89 Å². The van der Waals surface area contributed by atoms with Gasteiger partial charge in [0.25, 0.3) is 0 Å². The smallest absolute Gasteiger partial charge is 0.315 e. The highest BCUT2D eigenvalue weighted by Crippen LogP contribution is 2.14. The van der Waals surface area contributed by atoms with E-state index in [4.69, 9.17) is 4.42 Å². The quantitative estimate of drug-likeness (QED) is 0.672. The van der Waals surface area contributed by atoms with Crippen LogP contribution >= 0.6 is 0 Å². The first-order chi connectivity index (χ1) is 8.80. The first-order valence-corrected chi connectivity index (χ1v) is 7.09. The number of nitrogens with one attached hydrogen (secondary N) is 2. The average molecular weight is 254 g/mol. The van der Waals surface area contributed by atoms with Gasteiger partial charge in [-0.3, -0.25) is 0 Å². The van der Waals surface area contributed by atoms with Crippen molar-refractivity contribution in [2.45, 2.75) is 65.5 Å². The molecule has 104 valence electrons. The van der Waals surface area contributed by atoms with E-state index in [1.54, 1.807) is 0 Å². The van der Waals surface area contributed by atoms with E-state index in [2.05, 4.69) is 41.6 Å². The Morgan fingerprint density at radius 2 is 1.94 bits per heavy atom. The van der Waals surface area contributed by atoms with Gasteiger partial charge in [0, 0.05) is 6.04 Å². The number of unbranched alkanes of at least 4 members (excludes halogenated alkanes) is 1. The molecule has 0 radical (unpaired) electrons. The molecule has 1 heterocycles. The molecule has 1 unspecified atom stereocenters. The summed E-state index contributed by atoms with van der Waals surface area (Å²) < 4.78 is 5.55. The molecular weight excluding hydrogens is 228 g/mol. The van der Waals surface area contributed by atoms with Crippen molar-refractivity contribution in [1.29, 1.82) is 0 Å². The van der Waals surface area contributed by atoms with Crippen molar-refractivity contribution < 1.29 is 4.42 Å². The Morgan fingerprint density at radius 3 is 2.61 bits per heavy atom. The summed E-state index contributed by atoms with van der Waals surface area (Å²) in [5.41, 5.74) is 0. The number of hydrogen-bond donors (Lipinski definition) is 2. The maximum Gasteiger partial charge on any atom is 0.315 e. The van der Waals surface area contributed by atoms with Gasteiger partial charge >= 0.3 is 6.01 Å². The van der Waals surface area contributed by atoms with E-state index in [1.807, 2.05) is 0 Å². The van der Waals surface area contributed by atoms with E-state index in [-0.39, 0.29) is 0 Å². The summed E-state index contributed by atoms with van der Waals surface area (Å²) in [6, 6.07) is 1.000. The number of anilines is 1. The number of hydrogen-bond acceptors (Lipinski definition) is 5. The fourth-order valence-electron chi connectivity index (χ4n) is 1.88. The van der Waals surface area contributed by atoms with Crippen LogP contribution in [-0.2, 0) is 6.54 Å². The topological polar surface area (TPSA) is 63.0 Å². The molecule has 0 aliphatic heterocycles. The second kappa shape index (κ2) is 8.91. The third kappa shape index (κ3) is 5.49. The number of rotatable bonds is 10. The Bertz CT molecular complexity index is 314. The second-order valence-electron chi connectivity index (χ2n) is 4.55. The fourth-order valence-corrected chi connectivity index (χ4v) is 1.88. The number of nitrogens with zero attached hydrogens (tertiary/aromatic N) is 2. The monoisotopic (exact) mass is 254 g/mol. The molecular formula is C13H26N4O. The van der Waals surface area contributed by atoms with Crippen LogP contribution in [0.15, 0.2) is 4.42 Å². The maximum absolute atomic E-state index is 5.55. The lowest BCUT2D eigenvalue weighted by molar-refractivity contribution is 0.467. The predicted octanol–water partition coefficient (Wildman–Crippen LogP) is 2.95. The zero-order valence-corrected chi connectivity index (χ0v) is 11.8. The van der Waals surface area contributed by atoms with Gasteiger partial charge in [0.1, 0.15) is 0 Å². The van der Waals surface area contributed by atoms with E-state index in [0.29, 0.717) is 24.5 Å². The molecule has 0 saturated heterocycles. The van der Waals surface area contributed by atoms with Crippen molar-refractivity contribution >= 4 is 6.01 Å². The van der Waals surface area contributed by atoms with E-state index in [0.717, 1.165) is 19.4 Å². The zero-order valence-electron chi connectivity index (χ0n) is 11.8. The van der Waals surface area contributed by atoms with Crippen LogP contribution in [0.1, 0.15) is 58.8 Å². The van der Waals surface area contributed by atoms with Gasteiger partial charge in [0.2, 0.25) is 5.89 Å². The highest BCUT2D eigenvalue weighted by molar-refractivity contribution is 5.19. The molecule has 2 N–H and O–H groups in total. The lowest BCUT2D eigenvalue weighted by Crippen LogP contribution is -2.19. The van der Waals surface area contributed by atoms with E-state index >= 15 is 0 Å². The summed E-state index contributed by atoms with van der Waals surface area (Å²) in [6.45, 7) is 8.01. The predicted molar refractivity (Wildman–Crippen MR) is 73.5 cm³/mol. The molecule has 0 bridgehead atoms. The van der Waals surface area contributed by atoms with Crippen LogP contribution in [0.5, 0.6) is 0 Å². The maximum atomic E-state index is 5.55. The van der Waals surface area contributed by atoms with Gasteiger partial charge < -0.3 is 15.1 Å². The van der Waals surface area contributed by atoms with Crippen molar-refractivity contribution in [1.82, 2.24) is 15.5 Å². The first-order valence-electron chi connectivity index (χ1n) is 7.09.